The molecule has 116 valence electrons. The summed E-state index contributed by atoms with van der Waals surface area (Å²) in [4.78, 5) is 12.3. The standard InChI is InChI=1S/C15H15F2N3OS/c1-8(14(21)10-3-6-12(16)13(17)7-10)22-15-19-18-9(2)20(15)11-4-5-11/h3,6-8,11H,4-5H2,1-2H3/t8-/m1/s1. The monoisotopic (exact) mass is 323 g/mol. The van der Waals surface area contributed by atoms with Crippen LogP contribution < -0.4 is 0 Å². The van der Waals surface area contributed by atoms with E-state index in [4.69, 9.17) is 0 Å². The third kappa shape index (κ3) is 2.90. The summed E-state index contributed by atoms with van der Waals surface area (Å²) in [6.45, 7) is 3.62. The zero-order valence-corrected chi connectivity index (χ0v) is 13.0. The summed E-state index contributed by atoms with van der Waals surface area (Å²) in [5.41, 5.74) is 0.160. The zero-order valence-electron chi connectivity index (χ0n) is 12.2. The number of carbonyl (C=O) groups is 1. The predicted octanol–water partition coefficient (Wildman–Crippen LogP) is 3.56. The van der Waals surface area contributed by atoms with E-state index in [-0.39, 0.29) is 11.3 Å². The summed E-state index contributed by atoms with van der Waals surface area (Å²) in [7, 11) is 0. The van der Waals surface area contributed by atoms with Crippen molar-refractivity contribution < 1.29 is 13.6 Å². The molecular weight excluding hydrogens is 308 g/mol. The molecule has 22 heavy (non-hydrogen) atoms. The third-order valence-electron chi connectivity index (χ3n) is 3.60. The van der Waals surface area contributed by atoms with Gasteiger partial charge in [0, 0.05) is 11.6 Å². The molecule has 2 aromatic rings. The average Bonchev–Trinajstić information content (AvgIpc) is 3.26. The fourth-order valence-corrected chi connectivity index (χ4v) is 3.32. The van der Waals surface area contributed by atoms with Gasteiger partial charge in [0.25, 0.3) is 0 Å². The van der Waals surface area contributed by atoms with E-state index < -0.39 is 16.9 Å². The van der Waals surface area contributed by atoms with Crippen LogP contribution in [-0.2, 0) is 0 Å². The van der Waals surface area contributed by atoms with Gasteiger partial charge in [-0.05, 0) is 44.9 Å². The van der Waals surface area contributed by atoms with Crippen LogP contribution >= 0.6 is 11.8 Å². The van der Waals surface area contributed by atoms with Crippen molar-refractivity contribution in [3.63, 3.8) is 0 Å². The largest absolute Gasteiger partial charge is 0.303 e. The number of halogens is 2. The number of ketones is 1. The first-order valence-electron chi connectivity index (χ1n) is 7.05. The molecule has 7 heteroatoms. The number of aryl methyl sites for hydroxylation is 1. The highest BCUT2D eigenvalue weighted by atomic mass is 32.2. The summed E-state index contributed by atoms with van der Waals surface area (Å²) in [5.74, 6) is -1.40. The van der Waals surface area contributed by atoms with Gasteiger partial charge in [-0.3, -0.25) is 4.79 Å². The average molecular weight is 323 g/mol. The van der Waals surface area contributed by atoms with E-state index in [0.717, 1.165) is 30.8 Å². The Hall–Kier alpha value is -1.76. The van der Waals surface area contributed by atoms with Crippen molar-refractivity contribution in [3.8, 4) is 0 Å². The van der Waals surface area contributed by atoms with Crippen molar-refractivity contribution in [3.05, 3.63) is 41.2 Å². The molecule has 1 saturated carbocycles. The normalized spacial score (nSPS) is 15.8. The topological polar surface area (TPSA) is 47.8 Å². The smallest absolute Gasteiger partial charge is 0.192 e. The minimum atomic E-state index is -1.01. The molecule has 1 fully saturated rings. The molecule has 1 aromatic heterocycles. The molecule has 1 aliphatic carbocycles. The molecule has 4 nitrogen and oxygen atoms in total. The van der Waals surface area contributed by atoms with E-state index in [0.29, 0.717) is 11.2 Å². The fourth-order valence-electron chi connectivity index (χ4n) is 2.28. The number of hydrogen-bond donors (Lipinski definition) is 0. The highest BCUT2D eigenvalue weighted by Crippen LogP contribution is 2.39. The molecular formula is C15H15F2N3OS. The van der Waals surface area contributed by atoms with Crippen molar-refractivity contribution in [1.29, 1.82) is 0 Å². The first-order chi connectivity index (χ1) is 10.5. The molecule has 0 aliphatic heterocycles. The lowest BCUT2D eigenvalue weighted by Gasteiger charge is -2.11. The van der Waals surface area contributed by atoms with Gasteiger partial charge in [0.15, 0.2) is 22.6 Å². The third-order valence-corrected chi connectivity index (χ3v) is 4.66. The molecule has 1 heterocycles. The number of Topliss-reactive ketones (excluding diaryl/α,β-unsaturated/α-hetero) is 1. The zero-order chi connectivity index (χ0) is 15.9. The Balaban J connectivity index is 1.77. The van der Waals surface area contributed by atoms with Gasteiger partial charge in [0.1, 0.15) is 5.82 Å². The van der Waals surface area contributed by atoms with Gasteiger partial charge in [-0.2, -0.15) is 0 Å². The predicted molar refractivity (Wildman–Crippen MR) is 79.0 cm³/mol. The number of rotatable bonds is 5. The van der Waals surface area contributed by atoms with E-state index in [1.807, 2.05) is 11.5 Å². The Morgan fingerprint density at radius 3 is 2.68 bits per heavy atom. The maximum Gasteiger partial charge on any atom is 0.192 e. The van der Waals surface area contributed by atoms with Crippen LogP contribution in [0.25, 0.3) is 0 Å². The minimum Gasteiger partial charge on any atom is -0.303 e. The maximum atomic E-state index is 13.3. The van der Waals surface area contributed by atoms with Crippen LogP contribution in [0, 0.1) is 18.6 Å². The van der Waals surface area contributed by atoms with Gasteiger partial charge in [-0.1, -0.05) is 11.8 Å². The van der Waals surface area contributed by atoms with E-state index in [1.54, 1.807) is 6.92 Å². The Bertz CT molecular complexity index is 728. The quantitative estimate of drug-likeness (QED) is 0.623. The summed E-state index contributed by atoms with van der Waals surface area (Å²) >= 11 is 1.30. The van der Waals surface area contributed by atoms with Gasteiger partial charge < -0.3 is 4.57 Å². The first kappa shape index (κ1) is 15.1. The summed E-state index contributed by atoms with van der Waals surface area (Å²) < 4.78 is 28.2. The van der Waals surface area contributed by atoms with Crippen molar-refractivity contribution in [2.24, 2.45) is 0 Å². The molecule has 3 rings (SSSR count). The van der Waals surface area contributed by atoms with Crippen LogP contribution in [0.3, 0.4) is 0 Å². The lowest BCUT2D eigenvalue weighted by molar-refractivity contribution is 0.0993. The Morgan fingerprint density at radius 2 is 2.05 bits per heavy atom. The SMILES string of the molecule is Cc1nnc(S[C@H](C)C(=O)c2ccc(F)c(F)c2)n1C1CC1. The Labute approximate surface area is 130 Å². The van der Waals surface area contributed by atoms with Gasteiger partial charge in [-0.15, -0.1) is 10.2 Å². The minimum absolute atomic E-state index is 0.160. The number of thioether (sulfide) groups is 1. The van der Waals surface area contributed by atoms with Crippen LogP contribution in [0.5, 0.6) is 0 Å². The highest BCUT2D eigenvalue weighted by Gasteiger charge is 2.30. The molecule has 0 amide bonds. The second-order valence-electron chi connectivity index (χ2n) is 5.38. The maximum absolute atomic E-state index is 13.3. The molecule has 0 bridgehead atoms. The highest BCUT2D eigenvalue weighted by molar-refractivity contribution is 8.00. The van der Waals surface area contributed by atoms with Gasteiger partial charge in [-0.25, -0.2) is 8.78 Å². The second-order valence-corrected chi connectivity index (χ2v) is 6.69. The second kappa shape index (κ2) is 5.79. The van der Waals surface area contributed by atoms with Crippen LogP contribution in [0.1, 0.15) is 42.0 Å². The van der Waals surface area contributed by atoms with Crippen LogP contribution in [-0.4, -0.2) is 25.8 Å². The molecule has 1 atom stereocenters. The molecule has 1 aliphatic rings. The number of aromatic nitrogens is 3. The number of hydrogen-bond acceptors (Lipinski definition) is 4. The Kier molecular flexibility index (Phi) is 3.99. The summed E-state index contributed by atoms with van der Waals surface area (Å²) in [5, 5.41) is 8.42. The molecule has 0 unspecified atom stereocenters. The van der Waals surface area contributed by atoms with Crippen LogP contribution in [0.2, 0.25) is 0 Å². The van der Waals surface area contributed by atoms with Crippen LogP contribution in [0.15, 0.2) is 23.4 Å². The first-order valence-corrected chi connectivity index (χ1v) is 7.92. The fraction of sp³-hybridized carbons (Fsp3) is 0.400. The van der Waals surface area contributed by atoms with Gasteiger partial charge >= 0.3 is 0 Å². The molecule has 0 spiro atoms. The summed E-state index contributed by atoms with van der Waals surface area (Å²) in [6.07, 6.45) is 2.19. The van der Waals surface area contributed by atoms with Crippen LogP contribution in [0.4, 0.5) is 8.78 Å². The summed E-state index contributed by atoms with van der Waals surface area (Å²) in [6, 6.07) is 3.62. The number of benzene rings is 1. The van der Waals surface area contributed by atoms with E-state index in [1.165, 1.54) is 17.8 Å². The molecule has 0 radical (unpaired) electrons. The van der Waals surface area contributed by atoms with Gasteiger partial charge in [0.2, 0.25) is 0 Å². The lowest BCUT2D eigenvalue weighted by atomic mass is 10.1. The number of nitrogens with zero attached hydrogens (tertiary/aromatic N) is 3. The van der Waals surface area contributed by atoms with E-state index in [2.05, 4.69) is 10.2 Å². The van der Waals surface area contributed by atoms with E-state index >= 15 is 0 Å². The van der Waals surface area contributed by atoms with E-state index in [9.17, 15) is 13.6 Å². The lowest BCUT2D eigenvalue weighted by Crippen LogP contribution is -2.15. The van der Waals surface area contributed by atoms with Crippen molar-refractivity contribution in [1.82, 2.24) is 14.8 Å². The molecule has 0 saturated heterocycles. The molecule has 0 N–H and O–H groups in total. The van der Waals surface area contributed by atoms with Crippen molar-refractivity contribution in [2.75, 3.05) is 0 Å². The van der Waals surface area contributed by atoms with Crippen molar-refractivity contribution >= 4 is 17.5 Å². The number of carbonyl (C=O) groups excluding carboxylic acids is 1. The Morgan fingerprint density at radius 1 is 1.32 bits per heavy atom. The molecule has 1 aromatic carbocycles. The van der Waals surface area contributed by atoms with Crippen molar-refractivity contribution in [2.45, 2.75) is 43.1 Å². The van der Waals surface area contributed by atoms with Gasteiger partial charge in [0.05, 0.1) is 5.25 Å².